The largest absolute Gasteiger partial charge is 0.374 e. The van der Waals surface area contributed by atoms with E-state index in [1.54, 1.807) is 0 Å². The van der Waals surface area contributed by atoms with Crippen LogP contribution >= 0.6 is 15.9 Å². The second kappa shape index (κ2) is 6.31. The van der Waals surface area contributed by atoms with Crippen LogP contribution in [0.1, 0.15) is 25.5 Å². The molecule has 3 unspecified atom stereocenters. The maximum absolute atomic E-state index is 13.3. The van der Waals surface area contributed by atoms with Crippen molar-refractivity contribution in [3.05, 3.63) is 34.1 Å². The molecular weight excluding hydrogens is 311 g/mol. The molecule has 5 heteroatoms. The first-order chi connectivity index (χ1) is 8.99. The third-order valence-corrected chi connectivity index (χ3v) is 4.29. The summed E-state index contributed by atoms with van der Waals surface area (Å²) < 4.78 is 19.4. The maximum atomic E-state index is 13.3. The van der Waals surface area contributed by atoms with Gasteiger partial charge in [0.15, 0.2) is 0 Å². The van der Waals surface area contributed by atoms with Gasteiger partial charge in [0.25, 0.3) is 0 Å². The Morgan fingerprint density at radius 3 is 2.84 bits per heavy atom. The summed E-state index contributed by atoms with van der Waals surface area (Å²) in [7, 11) is 0. The minimum Gasteiger partial charge on any atom is -0.374 e. The lowest BCUT2D eigenvalue weighted by Crippen LogP contribution is -2.50. The lowest BCUT2D eigenvalue weighted by atomic mass is 10.0. The second-order valence-corrected chi connectivity index (χ2v) is 5.97. The molecule has 2 rings (SSSR count). The summed E-state index contributed by atoms with van der Waals surface area (Å²) in [6, 6.07) is 5.42. The van der Waals surface area contributed by atoms with Gasteiger partial charge in [0.2, 0.25) is 0 Å². The van der Waals surface area contributed by atoms with E-state index in [1.807, 2.05) is 19.1 Å². The van der Waals surface area contributed by atoms with E-state index in [1.165, 1.54) is 6.07 Å². The molecule has 106 valence electrons. The summed E-state index contributed by atoms with van der Waals surface area (Å²) >= 11 is 3.24. The molecule has 0 aliphatic carbocycles. The Labute approximate surface area is 122 Å². The lowest BCUT2D eigenvalue weighted by molar-refractivity contribution is -0.0498. The molecule has 2 N–H and O–H groups in total. The molecule has 1 aliphatic heterocycles. The monoisotopic (exact) mass is 330 g/mol. The molecule has 0 bridgehead atoms. The van der Waals surface area contributed by atoms with Crippen LogP contribution in [0.25, 0.3) is 0 Å². The van der Waals surface area contributed by atoms with Crippen molar-refractivity contribution in [3.8, 4) is 0 Å². The molecule has 1 heterocycles. The Hall–Kier alpha value is -0.490. The third-order valence-electron chi connectivity index (χ3n) is 3.69. The zero-order valence-electron chi connectivity index (χ0n) is 11.3. The number of halogens is 2. The fraction of sp³-hybridized carbons (Fsp3) is 0.571. The molecule has 3 atom stereocenters. The first-order valence-corrected chi connectivity index (χ1v) is 7.34. The van der Waals surface area contributed by atoms with Crippen LogP contribution in [0.3, 0.4) is 0 Å². The van der Waals surface area contributed by atoms with Gasteiger partial charge in [0.05, 0.1) is 17.2 Å². The number of nitrogens with zero attached hydrogens (tertiary/aromatic N) is 1. The van der Waals surface area contributed by atoms with Gasteiger partial charge in [-0.05, 0) is 47.5 Å². The van der Waals surface area contributed by atoms with Crippen LogP contribution in [-0.2, 0) is 4.74 Å². The lowest BCUT2D eigenvalue weighted by Gasteiger charge is -2.38. The van der Waals surface area contributed by atoms with Crippen LogP contribution in [0.15, 0.2) is 22.7 Å². The normalized spacial score (nSPS) is 24.2. The van der Waals surface area contributed by atoms with Crippen LogP contribution in [0.2, 0.25) is 0 Å². The fourth-order valence-corrected chi connectivity index (χ4v) is 2.75. The maximum Gasteiger partial charge on any atom is 0.137 e. The zero-order valence-corrected chi connectivity index (χ0v) is 12.9. The Kier molecular flexibility index (Phi) is 4.95. The van der Waals surface area contributed by atoms with Gasteiger partial charge in [-0.3, -0.25) is 4.90 Å². The number of hydrogen-bond donors (Lipinski definition) is 1. The summed E-state index contributed by atoms with van der Waals surface area (Å²) in [5.74, 6) is -0.230. The first kappa shape index (κ1) is 14.9. The van der Waals surface area contributed by atoms with Crippen molar-refractivity contribution in [2.24, 2.45) is 5.73 Å². The van der Waals surface area contributed by atoms with Gasteiger partial charge in [-0.2, -0.15) is 0 Å². The van der Waals surface area contributed by atoms with Gasteiger partial charge >= 0.3 is 0 Å². The Balaban J connectivity index is 2.10. The molecule has 1 aromatic carbocycles. The number of rotatable bonds is 3. The van der Waals surface area contributed by atoms with E-state index >= 15 is 0 Å². The SMILES string of the molecule is CC(N)C1CN(C(C)c2ccc(F)c(Br)c2)CCO1. The highest BCUT2D eigenvalue weighted by Gasteiger charge is 2.27. The van der Waals surface area contributed by atoms with Crippen LogP contribution in [-0.4, -0.2) is 36.7 Å². The van der Waals surface area contributed by atoms with Crippen molar-refractivity contribution in [3.63, 3.8) is 0 Å². The number of nitrogens with two attached hydrogens (primary N) is 1. The topological polar surface area (TPSA) is 38.5 Å². The first-order valence-electron chi connectivity index (χ1n) is 6.55. The molecule has 1 aromatic rings. The second-order valence-electron chi connectivity index (χ2n) is 5.11. The van der Waals surface area contributed by atoms with Crippen LogP contribution < -0.4 is 5.73 Å². The molecule has 0 spiro atoms. The van der Waals surface area contributed by atoms with Crippen molar-refractivity contribution in [2.75, 3.05) is 19.7 Å². The Morgan fingerprint density at radius 2 is 2.21 bits per heavy atom. The highest BCUT2D eigenvalue weighted by Crippen LogP contribution is 2.26. The predicted octanol–water partition coefficient (Wildman–Crippen LogP) is 2.70. The van der Waals surface area contributed by atoms with Gasteiger partial charge in [-0.1, -0.05) is 6.07 Å². The van der Waals surface area contributed by atoms with Crippen LogP contribution in [0.4, 0.5) is 4.39 Å². The summed E-state index contributed by atoms with van der Waals surface area (Å²) in [6.45, 7) is 6.47. The smallest absolute Gasteiger partial charge is 0.137 e. The molecule has 0 amide bonds. The highest BCUT2D eigenvalue weighted by molar-refractivity contribution is 9.10. The summed E-state index contributed by atoms with van der Waals surface area (Å²) in [6.07, 6.45) is 0.0695. The van der Waals surface area contributed by atoms with Crippen LogP contribution in [0, 0.1) is 5.82 Å². The van der Waals surface area contributed by atoms with E-state index in [0.29, 0.717) is 11.1 Å². The van der Waals surface area contributed by atoms with E-state index in [4.69, 9.17) is 10.5 Å². The predicted molar refractivity (Wildman–Crippen MR) is 77.5 cm³/mol. The van der Waals surface area contributed by atoms with Gasteiger partial charge < -0.3 is 10.5 Å². The van der Waals surface area contributed by atoms with Crippen molar-refractivity contribution in [1.82, 2.24) is 4.90 Å². The molecule has 0 aromatic heterocycles. The highest BCUT2D eigenvalue weighted by atomic mass is 79.9. The molecular formula is C14H20BrFN2O. The van der Waals surface area contributed by atoms with E-state index < -0.39 is 0 Å². The van der Waals surface area contributed by atoms with Gasteiger partial charge in [-0.25, -0.2) is 4.39 Å². The van der Waals surface area contributed by atoms with Crippen LogP contribution in [0.5, 0.6) is 0 Å². The number of ether oxygens (including phenoxy) is 1. The number of morpholine rings is 1. The molecule has 1 saturated heterocycles. The van der Waals surface area contributed by atoms with Crippen molar-refractivity contribution < 1.29 is 9.13 Å². The molecule has 19 heavy (non-hydrogen) atoms. The molecule has 0 saturated carbocycles. The number of benzene rings is 1. The average Bonchev–Trinajstić information content (AvgIpc) is 2.41. The Morgan fingerprint density at radius 1 is 1.47 bits per heavy atom. The molecule has 0 radical (unpaired) electrons. The zero-order chi connectivity index (χ0) is 14.0. The quantitative estimate of drug-likeness (QED) is 0.926. The van der Waals surface area contributed by atoms with Gasteiger partial charge in [-0.15, -0.1) is 0 Å². The summed E-state index contributed by atoms with van der Waals surface area (Å²) in [5, 5.41) is 0. The number of hydrogen-bond acceptors (Lipinski definition) is 3. The van der Waals surface area contributed by atoms with Crippen molar-refractivity contribution in [1.29, 1.82) is 0 Å². The minimum atomic E-state index is -0.230. The van der Waals surface area contributed by atoms with E-state index in [-0.39, 0.29) is 24.0 Å². The Bertz CT molecular complexity index is 441. The minimum absolute atomic E-state index is 0.0231. The molecule has 1 aliphatic rings. The van der Waals surface area contributed by atoms with Gasteiger partial charge in [0, 0.05) is 25.2 Å². The van der Waals surface area contributed by atoms with E-state index in [9.17, 15) is 4.39 Å². The standard InChI is InChI=1S/C14H20BrFN2O/c1-9(17)14-8-18(5-6-19-14)10(2)11-3-4-13(16)12(15)7-11/h3-4,7,9-10,14H,5-6,8,17H2,1-2H3. The van der Waals surface area contributed by atoms with Crippen molar-refractivity contribution in [2.45, 2.75) is 32.0 Å². The van der Waals surface area contributed by atoms with Crippen molar-refractivity contribution >= 4 is 15.9 Å². The molecule has 1 fully saturated rings. The summed E-state index contributed by atoms with van der Waals surface area (Å²) in [4.78, 5) is 2.33. The van der Waals surface area contributed by atoms with Gasteiger partial charge in [0.1, 0.15) is 5.82 Å². The fourth-order valence-electron chi connectivity index (χ4n) is 2.35. The third kappa shape index (κ3) is 3.54. The molecule has 3 nitrogen and oxygen atoms in total. The van der Waals surface area contributed by atoms with E-state index in [0.717, 1.165) is 18.7 Å². The average molecular weight is 331 g/mol. The van der Waals surface area contributed by atoms with E-state index in [2.05, 4.69) is 27.8 Å². The summed E-state index contributed by atoms with van der Waals surface area (Å²) in [5.41, 5.74) is 7.00.